The number of rotatable bonds is 5. The monoisotopic (exact) mass is 676 g/mol. The van der Waals surface area contributed by atoms with Crippen molar-refractivity contribution in [3.63, 3.8) is 0 Å². The lowest BCUT2D eigenvalue weighted by Gasteiger charge is -2.38. The standard InChI is InChI=1S/C28H38N4O4.C6H7P.C3H6.CH2O/c1-6-11-30-12-14-31(15-13-30)27(35)32-23(19-7-9-20(33)10-8-19)18-29-26(32)21-16-24(34)22(28(2,3)4)17-25(21)36-5;7-6-4-2-1-3-5-6;1-3-2;1-2/h7-10,16-17,23,33-34H,6,11-15,18H2,1-5H3;1-5H,7H2;3H,1H2,2H3;1H2/t23-;;;/m0.../s1. The van der Waals surface area contributed by atoms with Gasteiger partial charge in [-0.3, -0.25) is 14.8 Å². The smallest absolute Gasteiger partial charge is 0.326 e. The Labute approximate surface area is 289 Å². The van der Waals surface area contributed by atoms with Crippen molar-refractivity contribution < 1.29 is 24.5 Å². The Bertz CT molecular complexity index is 1470. The van der Waals surface area contributed by atoms with Gasteiger partial charge in [0.25, 0.3) is 0 Å². The molecule has 2 heterocycles. The first-order valence-electron chi connectivity index (χ1n) is 16.2. The van der Waals surface area contributed by atoms with E-state index in [4.69, 9.17) is 14.5 Å². The number of amidine groups is 1. The van der Waals surface area contributed by atoms with Crippen molar-refractivity contribution >= 4 is 33.2 Å². The number of benzene rings is 3. The Balaban J connectivity index is 0.000000570. The fourth-order valence-electron chi connectivity index (χ4n) is 5.47. The highest BCUT2D eigenvalue weighted by molar-refractivity contribution is 7.27. The first kappa shape index (κ1) is 40.0. The van der Waals surface area contributed by atoms with Gasteiger partial charge in [0.2, 0.25) is 0 Å². The van der Waals surface area contributed by atoms with E-state index in [1.54, 1.807) is 36.3 Å². The Kier molecular flexibility index (Phi) is 16.3. The summed E-state index contributed by atoms with van der Waals surface area (Å²) >= 11 is 0. The van der Waals surface area contributed by atoms with Gasteiger partial charge in [-0.05, 0) is 60.4 Å². The van der Waals surface area contributed by atoms with Crippen LogP contribution in [0.15, 0.2) is 84.4 Å². The van der Waals surface area contributed by atoms with Crippen LogP contribution in [-0.2, 0) is 10.2 Å². The number of ether oxygens (including phenoxy) is 1. The lowest BCUT2D eigenvalue weighted by atomic mass is 9.85. The number of hydrogen-bond acceptors (Lipinski definition) is 7. The summed E-state index contributed by atoms with van der Waals surface area (Å²) in [6, 6.07) is 20.1. The molecule has 9 nitrogen and oxygen atoms in total. The summed E-state index contributed by atoms with van der Waals surface area (Å²) in [5.41, 5.74) is 1.96. The van der Waals surface area contributed by atoms with Gasteiger partial charge in [0.05, 0.1) is 25.3 Å². The third-order valence-corrected chi connectivity index (χ3v) is 8.17. The molecule has 3 aromatic rings. The fraction of sp³-hybridized carbons (Fsp3) is 0.395. The van der Waals surface area contributed by atoms with Gasteiger partial charge in [-0.2, -0.15) is 0 Å². The fourth-order valence-corrected chi connectivity index (χ4v) is 5.69. The second kappa shape index (κ2) is 19.6. The first-order chi connectivity index (χ1) is 22.9. The largest absolute Gasteiger partial charge is 0.508 e. The number of carbonyl (C=O) groups is 2. The molecule has 0 aromatic heterocycles. The maximum atomic E-state index is 14.0. The number of piperazine rings is 1. The van der Waals surface area contributed by atoms with Crippen LogP contribution in [0.2, 0.25) is 0 Å². The van der Waals surface area contributed by atoms with Crippen LogP contribution in [-0.4, -0.2) is 89.9 Å². The van der Waals surface area contributed by atoms with E-state index in [1.807, 2.05) is 87.9 Å². The van der Waals surface area contributed by atoms with Crippen LogP contribution >= 0.6 is 9.24 Å². The molecule has 0 bridgehead atoms. The van der Waals surface area contributed by atoms with E-state index >= 15 is 0 Å². The lowest BCUT2D eigenvalue weighted by molar-refractivity contribution is -0.0980. The molecule has 10 heteroatoms. The van der Waals surface area contributed by atoms with Crippen LogP contribution in [0.3, 0.4) is 0 Å². The van der Waals surface area contributed by atoms with Crippen LogP contribution in [0.4, 0.5) is 4.79 Å². The molecule has 2 atom stereocenters. The number of aromatic hydroxyl groups is 2. The minimum absolute atomic E-state index is 0.109. The molecule has 0 radical (unpaired) electrons. The summed E-state index contributed by atoms with van der Waals surface area (Å²) in [6.45, 7) is 19.9. The molecule has 2 N–H and O–H groups in total. The average molecular weight is 677 g/mol. The molecule has 1 fully saturated rings. The van der Waals surface area contributed by atoms with Gasteiger partial charge in [-0.1, -0.05) is 76.2 Å². The van der Waals surface area contributed by atoms with Crippen molar-refractivity contribution in [3.8, 4) is 17.2 Å². The summed E-state index contributed by atoms with van der Waals surface area (Å²) in [4.78, 5) is 32.8. The summed E-state index contributed by atoms with van der Waals surface area (Å²) in [5, 5.41) is 22.0. The molecule has 0 saturated carbocycles. The molecule has 1 saturated heterocycles. The van der Waals surface area contributed by atoms with Gasteiger partial charge >= 0.3 is 6.03 Å². The van der Waals surface area contributed by atoms with Crippen molar-refractivity contribution in [2.45, 2.75) is 52.5 Å². The number of nitrogens with zero attached hydrogens (tertiary/aromatic N) is 4. The zero-order valence-corrected chi connectivity index (χ0v) is 30.5. The molecule has 2 amide bonds. The maximum Gasteiger partial charge on any atom is 0.326 e. The Morgan fingerprint density at radius 2 is 1.60 bits per heavy atom. The Morgan fingerprint density at radius 3 is 2.08 bits per heavy atom. The number of methoxy groups -OCH3 is 1. The van der Waals surface area contributed by atoms with Crippen molar-refractivity contribution in [3.05, 3.63) is 96.1 Å². The normalized spacial score (nSPS) is 15.8. The first-order valence-corrected chi connectivity index (χ1v) is 16.7. The Hall–Kier alpha value is -4.20. The molecule has 2 aliphatic rings. The van der Waals surface area contributed by atoms with Crippen LogP contribution in [0, 0.1) is 0 Å². The van der Waals surface area contributed by atoms with Gasteiger partial charge in [-0.25, -0.2) is 4.79 Å². The topological polar surface area (TPSA) is 106 Å². The van der Waals surface area contributed by atoms with E-state index < -0.39 is 0 Å². The lowest BCUT2D eigenvalue weighted by Crippen LogP contribution is -2.54. The minimum Gasteiger partial charge on any atom is -0.508 e. The number of hydrogen-bond donors (Lipinski definition) is 2. The second-order valence-electron chi connectivity index (χ2n) is 12.4. The molecule has 48 heavy (non-hydrogen) atoms. The quantitative estimate of drug-likeness (QED) is 0.235. The third kappa shape index (κ3) is 10.9. The highest BCUT2D eigenvalue weighted by Crippen LogP contribution is 2.39. The van der Waals surface area contributed by atoms with Gasteiger partial charge in [0.1, 0.15) is 29.9 Å². The number of aliphatic imine (C=N–C) groups is 1. The second-order valence-corrected chi connectivity index (χ2v) is 13.1. The van der Waals surface area contributed by atoms with Crippen LogP contribution < -0.4 is 10.0 Å². The van der Waals surface area contributed by atoms with E-state index in [0.29, 0.717) is 36.8 Å². The van der Waals surface area contributed by atoms with Gasteiger partial charge in [0, 0.05) is 31.7 Å². The molecule has 260 valence electrons. The van der Waals surface area contributed by atoms with Crippen molar-refractivity contribution in [2.75, 3.05) is 46.4 Å². The number of urea groups is 1. The number of amides is 2. The minimum atomic E-state index is -0.323. The average Bonchev–Trinajstić information content (AvgIpc) is 3.51. The molecular formula is C38H53N4O5P. The third-order valence-electron chi connectivity index (χ3n) is 7.79. The summed E-state index contributed by atoms with van der Waals surface area (Å²) in [7, 11) is 4.22. The summed E-state index contributed by atoms with van der Waals surface area (Å²) in [6.07, 6.45) is 2.84. The van der Waals surface area contributed by atoms with Crippen LogP contribution in [0.1, 0.15) is 63.8 Å². The number of allylic oxidation sites excluding steroid dienone is 1. The van der Waals surface area contributed by atoms with Crippen molar-refractivity contribution in [1.29, 1.82) is 0 Å². The molecule has 5 rings (SSSR count). The molecule has 0 aliphatic carbocycles. The Morgan fingerprint density at radius 1 is 1.02 bits per heavy atom. The molecule has 1 unspecified atom stereocenters. The van der Waals surface area contributed by atoms with E-state index in [-0.39, 0.29) is 29.0 Å². The SMILES string of the molecule is C=CC.C=O.CCCN1CCN(C(=O)N2C(c3cc(O)c(C(C)(C)C)cc3OC)=NC[C@H]2c2ccc(O)cc2)CC1.Pc1ccccc1. The van der Waals surface area contributed by atoms with E-state index in [2.05, 4.69) is 27.6 Å². The van der Waals surface area contributed by atoms with E-state index in [0.717, 1.165) is 37.2 Å². The van der Waals surface area contributed by atoms with Crippen molar-refractivity contribution in [2.24, 2.45) is 4.99 Å². The molecule has 2 aliphatic heterocycles. The molecule has 3 aromatic carbocycles. The van der Waals surface area contributed by atoms with Crippen LogP contribution in [0.5, 0.6) is 17.2 Å². The predicted molar refractivity (Wildman–Crippen MR) is 200 cm³/mol. The zero-order valence-electron chi connectivity index (χ0n) is 29.4. The number of carbonyl (C=O) groups excluding carboxylic acids is 2. The summed E-state index contributed by atoms with van der Waals surface area (Å²) in [5.74, 6) is 1.37. The summed E-state index contributed by atoms with van der Waals surface area (Å²) < 4.78 is 5.74. The van der Waals surface area contributed by atoms with E-state index in [1.165, 1.54) is 5.30 Å². The number of phenols is 2. The van der Waals surface area contributed by atoms with Crippen LogP contribution in [0.25, 0.3) is 0 Å². The predicted octanol–water partition coefficient (Wildman–Crippen LogP) is 6.55. The van der Waals surface area contributed by atoms with Gasteiger partial charge < -0.3 is 24.6 Å². The maximum absolute atomic E-state index is 14.0. The molecule has 0 spiro atoms. The molecular weight excluding hydrogens is 623 g/mol. The van der Waals surface area contributed by atoms with Gasteiger partial charge in [-0.15, -0.1) is 15.8 Å². The van der Waals surface area contributed by atoms with E-state index in [9.17, 15) is 15.0 Å². The zero-order chi connectivity index (χ0) is 35.9. The number of phenolic OH excluding ortho intramolecular Hbond substituents is 2. The highest BCUT2D eigenvalue weighted by atomic mass is 31.0. The van der Waals surface area contributed by atoms with Crippen molar-refractivity contribution in [1.82, 2.24) is 14.7 Å². The van der Waals surface area contributed by atoms with Gasteiger partial charge in [0.15, 0.2) is 0 Å². The highest BCUT2D eigenvalue weighted by Gasteiger charge is 2.39.